The first kappa shape index (κ1) is 24.8. The molecule has 0 aliphatic heterocycles. The van der Waals surface area contributed by atoms with Gasteiger partial charge in [0, 0.05) is 18.3 Å². The van der Waals surface area contributed by atoms with Crippen LogP contribution in [0.3, 0.4) is 0 Å². The van der Waals surface area contributed by atoms with Crippen molar-refractivity contribution in [2.75, 3.05) is 0 Å². The Labute approximate surface area is 153 Å². The molecule has 0 bridgehead atoms. The Kier molecular flexibility index (Phi) is 11.5. The fourth-order valence-corrected chi connectivity index (χ4v) is 1.76. The van der Waals surface area contributed by atoms with Gasteiger partial charge in [-0.1, -0.05) is 0 Å². The molecule has 9 nitrogen and oxygen atoms in total. The standard InChI is InChI=1S/C11H16N4.C2H3N.ClHO4.Cu/c1-8-5-10(3)14(12-8)7-15-11(4)6-9(2)13-15;1-2-3;2-1(3,4)5;/h5-6H,7H2,1-4H3;1H3;(H,2,3,4,5);/q;;;+1/p-1. The van der Waals surface area contributed by atoms with E-state index in [4.69, 9.17) is 23.9 Å². The van der Waals surface area contributed by atoms with Crippen LogP contribution in [0.1, 0.15) is 29.7 Å². The predicted molar refractivity (Wildman–Crippen MR) is 70.1 cm³/mol. The molecule has 11 heteroatoms. The number of nitriles is 1. The monoisotopic (exact) mass is 407 g/mol. The average molecular weight is 408 g/mol. The Balaban J connectivity index is 0. The zero-order valence-electron chi connectivity index (χ0n) is 13.9. The van der Waals surface area contributed by atoms with Crippen molar-refractivity contribution in [1.82, 2.24) is 19.6 Å². The van der Waals surface area contributed by atoms with Crippen molar-refractivity contribution in [3.63, 3.8) is 0 Å². The molecule has 0 saturated carbocycles. The summed E-state index contributed by atoms with van der Waals surface area (Å²) in [6.07, 6.45) is 0. The summed E-state index contributed by atoms with van der Waals surface area (Å²) in [7, 11) is -4.94. The van der Waals surface area contributed by atoms with E-state index in [9.17, 15) is 0 Å². The number of hydrogen-bond donors (Lipinski definition) is 0. The van der Waals surface area contributed by atoms with Crippen LogP contribution >= 0.6 is 0 Å². The third-order valence-electron chi connectivity index (χ3n) is 2.47. The molecular weight excluding hydrogens is 389 g/mol. The number of halogens is 1. The molecule has 0 fully saturated rings. The number of hydrogen-bond acceptors (Lipinski definition) is 7. The van der Waals surface area contributed by atoms with E-state index < -0.39 is 10.2 Å². The van der Waals surface area contributed by atoms with Gasteiger partial charge in [0.2, 0.25) is 0 Å². The first-order valence-corrected chi connectivity index (χ1v) is 7.66. The summed E-state index contributed by atoms with van der Waals surface area (Å²) in [4.78, 5) is 0. The Bertz CT molecular complexity index is 610. The number of nitrogens with zero attached hydrogens (tertiary/aromatic N) is 5. The number of aryl methyl sites for hydroxylation is 4. The second kappa shape index (κ2) is 11.2. The van der Waals surface area contributed by atoms with Gasteiger partial charge in [-0.15, -0.1) is 10.2 Å². The molecule has 2 rings (SSSR count). The predicted octanol–water partition coefficient (Wildman–Crippen LogP) is -2.41. The molecule has 0 aromatic carbocycles. The second-order valence-corrected chi connectivity index (χ2v) is 5.35. The molecule has 0 radical (unpaired) electrons. The Hall–Kier alpha value is -1.44. The molecule has 0 N–H and O–H groups in total. The fourth-order valence-electron chi connectivity index (χ4n) is 1.76. The summed E-state index contributed by atoms with van der Waals surface area (Å²) >= 11 is 0. The van der Waals surface area contributed by atoms with Crippen LogP contribution in [0.4, 0.5) is 0 Å². The summed E-state index contributed by atoms with van der Waals surface area (Å²) < 4.78 is 37.9. The van der Waals surface area contributed by atoms with Crippen molar-refractivity contribution in [3.05, 3.63) is 34.9 Å². The second-order valence-electron chi connectivity index (χ2n) is 4.60. The first-order valence-electron chi connectivity index (χ1n) is 6.42. The first-order chi connectivity index (χ1) is 10.5. The molecule has 2 heterocycles. The van der Waals surface area contributed by atoms with E-state index in [1.165, 1.54) is 18.3 Å². The van der Waals surface area contributed by atoms with Crippen LogP contribution < -0.4 is 18.6 Å². The third-order valence-corrected chi connectivity index (χ3v) is 2.47. The average Bonchev–Trinajstić information content (AvgIpc) is 2.81. The maximum atomic E-state index is 8.49. The number of rotatable bonds is 2. The fraction of sp³-hybridized carbons (Fsp3) is 0.462. The van der Waals surface area contributed by atoms with E-state index in [1.54, 1.807) is 6.07 Å². The van der Waals surface area contributed by atoms with Crippen molar-refractivity contribution >= 4 is 0 Å². The molecule has 2 aromatic heterocycles. The van der Waals surface area contributed by atoms with Crippen molar-refractivity contribution in [3.8, 4) is 6.07 Å². The van der Waals surface area contributed by atoms with Crippen LogP contribution in [0.25, 0.3) is 0 Å². The van der Waals surface area contributed by atoms with Gasteiger partial charge in [-0.05, 0) is 39.8 Å². The Morgan fingerprint density at radius 2 is 1.21 bits per heavy atom. The SMILES string of the molecule is CC#N.Cc1cc(C)n(Cn2nc(C)cc2C)n1.[Cu+].[O-][Cl+3]([O-])([O-])[O-]. The van der Waals surface area contributed by atoms with Crippen LogP contribution in [-0.2, 0) is 23.7 Å². The maximum Gasteiger partial charge on any atom is 1.00 e. The van der Waals surface area contributed by atoms with Crippen molar-refractivity contribution in [2.45, 2.75) is 41.3 Å². The van der Waals surface area contributed by atoms with Gasteiger partial charge in [-0.25, -0.2) is 28.0 Å². The van der Waals surface area contributed by atoms with Crippen molar-refractivity contribution in [1.29, 1.82) is 5.26 Å². The van der Waals surface area contributed by atoms with Gasteiger partial charge < -0.3 is 0 Å². The largest absolute Gasteiger partial charge is 1.00 e. The maximum absolute atomic E-state index is 8.49. The van der Waals surface area contributed by atoms with E-state index in [-0.39, 0.29) is 17.1 Å². The summed E-state index contributed by atoms with van der Waals surface area (Å²) in [6.45, 7) is 10.3. The minimum atomic E-state index is -4.94. The summed E-state index contributed by atoms with van der Waals surface area (Å²) in [5.74, 6) is 0. The quantitative estimate of drug-likeness (QED) is 0.502. The van der Waals surface area contributed by atoms with Gasteiger partial charge in [0.1, 0.15) is 6.67 Å². The zero-order chi connectivity index (χ0) is 18.2. The molecule has 0 aliphatic carbocycles. The molecule has 24 heavy (non-hydrogen) atoms. The molecule has 0 atom stereocenters. The normalized spacial score (nSPS) is 9.67. The third kappa shape index (κ3) is 11.2. The van der Waals surface area contributed by atoms with E-state index in [0.29, 0.717) is 6.67 Å². The van der Waals surface area contributed by atoms with Gasteiger partial charge in [-0.2, -0.15) is 15.5 Å². The molecule has 2 aromatic rings. The van der Waals surface area contributed by atoms with Gasteiger partial charge in [0.05, 0.1) is 17.5 Å². The van der Waals surface area contributed by atoms with E-state index in [2.05, 4.69) is 36.2 Å². The zero-order valence-corrected chi connectivity index (χ0v) is 15.6. The molecule has 0 spiro atoms. The smallest absolute Gasteiger partial charge is 0.248 e. The van der Waals surface area contributed by atoms with Crippen molar-refractivity contribution in [2.24, 2.45) is 0 Å². The summed E-state index contributed by atoms with van der Waals surface area (Å²) in [6, 6.07) is 5.90. The Morgan fingerprint density at radius 3 is 1.38 bits per heavy atom. The molecule has 0 unspecified atom stereocenters. The summed E-state index contributed by atoms with van der Waals surface area (Å²) in [5.41, 5.74) is 4.43. The van der Waals surface area contributed by atoms with Crippen LogP contribution in [0, 0.1) is 49.3 Å². The molecule has 0 amide bonds. The number of aromatic nitrogens is 4. The molecule has 0 saturated heterocycles. The van der Waals surface area contributed by atoms with E-state index in [1.807, 2.05) is 23.2 Å². The van der Waals surface area contributed by atoms with Gasteiger partial charge in [0.15, 0.2) is 0 Å². The molecular formula is C13H19ClCuN5O4. The minimum Gasteiger partial charge on any atom is -0.248 e. The molecule has 0 aliphatic rings. The van der Waals surface area contributed by atoms with Crippen molar-refractivity contribution < 1.29 is 45.9 Å². The van der Waals surface area contributed by atoms with E-state index in [0.717, 1.165) is 11.4 Å². The Morgan fingerprint density at radius 1 is 0.958 bits per heavy atom. The van der Waals surface area contributed by atoms with Gasteiger partial charge in [-0.3, -0.25) is 0 Å². The minimum absolute atomic E-state index is 0. The van der Waals surface area contributed by atoms with Crippen LogP contribution in [0.15, 0.2) is 12.1 Å². The van der Waals surface area contributed by atoms with Crippen LogP contribution in [-0.4, -0.2) is 19.6 Å². The van der Waals surface area contributed by atoms with Gasteiger partial charge in [0.25, 0.3) is 0 Å². The topological polar surface area (TPSA) is 152 Å². The van der Waals surface area contributed by atoms with Gasteiger partial charge >= 0.3 is 17.1 Å². The summed E-state index contributed by atoms with van der Waals surface area (Å²) in [5, 5.41) is 16.1. The molecule has 138 valence electrons. The van der Waals surface area contributed by atoms with E-state index >= 15 is 0 Å². The van der Waals surface area contributed by atoms with Crippen LogP contribution in [0.5, 0.6) is 0 Å². The van der Waals surface area contributed by atoms with Crippen LogP contribution in [0.2, 0.25) is 0 Å².